The number of benzene rings is 1. The number of hydrogen-bond donors (Lipinski definition) is 1. The van der Waals surface area contributed by atoms with Gasteiger partial charge in [-0.25, -0.2) is 0 Å². The van der Waals surface area contributed by atoms with Crippen LogP contribution in [0.5, 0.6) is 5.75 Å². The molecule has 0 aliphatic carbocycles. The van der Waals surface area contributed by atoms with Crippen molar-refractivity contribution in [2.24, 2.45) is 5.73 Å². The van der Waals surface area contributed by atoms with E-state index in [1.165, 1.54) is 37.1 Å². The molecule has 3 heteroatoms. The van der Waals surface area contributed by atoms with Gasteiger partial charge >= 0.3 is 0 Å². The van der Waals surface area contributed by atoms with Crippen molar-refractivity contribution in [3.8, 4) is 5.75 Å². The summed E-state index contributed by atoms with van der Waals surface area (Å²) in [6.45, 7) is 5.62. The van der Waals surface area contributed by atoms with Crippen molar-refractivity contribution >= 4 is 0 Å². The van der Waals surface area contributed by atoms with E-state index in [0.29, 0.717) is 0 Å². The Morgan fingerprint density at radius 2 is 2.05 bits per heavy atom. The Hall–Kier alpha value is -1.06. The quantitative estimate of drug-likeness (QED) is 0.854. The molecule has 1 aromatic carbocycles. The summed E-state index contributed by atoms with van der Waals surface area (Å²) >= 11 is 0. The molecule has 2 rings (SSSR count). The summed E-state index contributed by atoms with van der Waals surface area (Å²) < 4.78 is 5.36. The molecule has 0 aromatic heterocycles. The molecule has 19 heavy (non-hydrogen) atoms. The summed E-state index contributed by atoms with van der Waals surface area (Å²) in [7, 11) is 1.73. The maximum atomic E-state index is 6.27. The lowest BCUT2D eigenvalue weighted by molar-refractivity contribution is 0.313. The second-order valence-electron chi connectivity index (χ2n) is 5.47. The monoisotopic (exact) mass is 262 g/mol. The number of rotatable bonds is 6. The summed E-state index contributed by atoms with van der Waals surface area (Å²) in [6, 6.07) is 6.68. The van der Waals surface area contributed by atoms with Crippen molar-refractivity contribution in [3.63, 3.8) is 0 Å². The van der Waals surface area contributed by atoms with Crippen LogP contribution in [0.15, 0.2) is 18.2 Å². The van der Waals surface area contributed by atoms with Crippen LogP contribution >= 0.6 is 0 Å². The van der Waals surface area contributed by atoms with Gasteiger partial charge in [0.1, 0.15) is 5.75 Å². The number of nitrogens with two attached hydrogens (primary N) is 1. The fourth-order valence-corrected chi connectivity index (χ4v) is 2.90. The summed E-state index contributed by atoms with van der Waals surface area (Å²) in [4.78, 5) is 2.48. The number of ether oxygens (including phenoxy) is 1. The second kappa shape index (κ2) is 6.92. The first-order valence-corrected chi connectivity index (χ1v) is 7.36. The van der Waals surface area contributed by atoms with E-state index in [1.807, 2.05) is 0 Å². The van der Waals surface area contributed by atoms with Crippen molar-refractivity contribution in [1.29, 1.82) is 0 Å². The standard InChI is InChI=1S/C16H26N2O/c1-3-14-10-13(6-7-16(14)19-2)11-15(17)12-18-8-4-5-9-18/h6-7,10,15H,3-5,8-9,11-12,17H2,1-2H3. The van der Waals surface area contributed by atoms with Crippen LogP contribution in [-0.4, -0.2) is 37.7 Å². The highest BCUT2D eigenvalue weighted by Gasteiger charge is 2.15. The highest BCUT2D eigenvalue weighted by molar-refractivity contribution is 5.37. The van der Waals surface area contributed by atoms with Gasteiger partial charge in [-0.3, -0.25) is 0 Å². The molecule has 1 heterocycles. The van der Waals surface area contributed by atoms with Crippen LogP contribution in [0, 0.1) is 0 Å². The minimum atomic E-state index is 0.233. The van der Waals surface area contributed by atoms with Crippen molar-refractivity contribution in [3.05, 3.63) is 29.3 Å². The molecule has 1 aromatic rings. The Morgan fingerprint density at radius 3 is 2.68 bits per heavy atom. The molecule has 3 nitrogen and oxygen atoms in total. The molecule has 1 fully saturated rings. The number of methoxy groups -OCH3 is 1. The van der Waals surface area contributed by atoms with Crippen LogP contribution in [0.3, 0.4) is 0 Å². The van der Waals surface area contributed by atoms with Crippen LogP contribution in [0.4, 0.5) is 0 Å². The average Bonchev–Trinajstić information content (AvgIpc) is 2.91. The fraction of sp³-hybridized carbons (Fsp3) is 0.625. The predicted molar refractivity (Wildman–Crippen MR) is 79.7 cm³/mol. The Labute approximate surface area is 116 Å². The molecule has 1 atom stereocenters. The Morgan fingerprint density at radius 1 is 1.32 bits per heavy atom. The molecule has 1 aliphatic rings. The molecule has 2 N–H and O–H groups in total. The zero-order chi connectivity index (χ0) is 13.7. The Balaban J connectivity index is 1.94. The SMILES string of the molecule is CCc1cc(CC(N)CN2CCCC2)ccc1OC. The molecule has 106 valence electrons. The van der Waals surface area contributed by atoms with Gasteiger partial charge in [-0.05, 0) is 56.0 Å². The Kier molecular flexibility index (Phi) is 5.23. The number of aryl methyl sites for hydroxylation is 1. The fourth-order valence-electron chi connectivity index (χ4n) is 2.90. The molecule has 1 saturated heterocycles. The normalized spacial score (nSPS) is 17.6. The molecular formula is C16H26N2O. The second-order valence-corrected chi connectivity index (χ2v) is 5.47. The van der Waals surface area contributed by atoms with E-state index in [9.17, 15) is 0 Å². The van der Waals surface area contributed by atoms with Gasteiger partial charge in [0, 0.05) is 12.6 Å². The van der Waals surface area contributed by atoms with E-state index < -0.39 is 0 Å². The number of nitrogens with zero attached hydrogens (tertiary/aromatic N) is 1. The van der Waals surface area contributed by atoms with Gasteiger partial charge in [-0.15, -0.1) is 0 Å². The molecular weight excluding hydrogens is 236 g/mol. The highest BCUT2D eigenvalue weighted by Crippen LogP contribution is 2.21. The zero-order valence-corrected chi connectivity index (χ0v) is 12.2. The molecule has 0 saturated carbocycles. The summed E-state index contributed by atoms with van der Waals surface area (Å²) in [5.41, 5.74) is 8.87. The lowest BCUT2D eigenvalue weighted by Gasteiger charge is -2.20. The largest absolute Gasteiger partial charge is 0.496 e. The van der Waals surface area contributed by atoms with Crippen molar-refractivity contribution < 1.29 is 4.74 Å². The first-order chi connectivity index (χ1) is 9.22. The zero-order valence-electron chi connectivity index (χ0n) is 12.2. The van der Waals surface area contributed by atoms with Gasteiger partial charge in [0.15, 0.2) is 0 Å². The van der Waals surface area contributed by atoms with Gasteiger partial charge in [0.25, 0.3) is 0 Å². The molecule has 0 amide bonds. The molecule has 0 bridgehead atoms. The number of likely N-dealkylation sites (tertiary alicyclic amines) is 1. The lowest BCUT2D eigenvalue weighted by Crippen LogP contribution is -2.37. The van der Waals surface area contributed by atoms with Crippen LogP contribution in [0.1, 0.15) is 30.9 Å². The van der Waals surface area contributed by atoms with E-state index in [2.05, 4.69) is 30.0 Å². The van der Waals surface area contributed by atoms with Crippen molar-refractivity contribution in [2.75, 3.05) is 26.7 Å². The van der Waals surface area contributed by atoms with Crippen molar-refractivity contribution in [1.82, 2.24) is 4.90 Å². The van der Waals surface area contributed by atoms with E-state index in [0.717, 1.165) is 25.1 Å². The van der Waals surface area contributed by atoms with Gasteiger partial charge in [0.2, 0.25) is 0 Å². The third kappa shape index (κ3) is 3.95. The van der Waals surface area contributed by atoms with E-state index >= 15 is 0 Å². The van der Waals surface area contributed by atoms with Crippen molar-refractivity contribution in [2.45, 2.75) is 38.6 Å². The molecule has 1 aliphatic heterocycles. The van der Waals surface area contributed by atoms with Gasteiger partial charge in [-0.1, -0.05) is 19.1 Å². The maximum absolute atomic E-state index is 6.27. The summed E-state index contributed by atoms with van der Waals surface area (Å²) in [6.07, 6.45) is 4.61. The van der Waals surface area contributed by atoms with Gasteiger partial charge in [0.05, 0.1) is 7.11 Å². The third-order valence-corrected chi connectivity index (χ3v) is 3.91. The Bertz CT molecular complexity index is 400. The topological polar surface area (TPSA) is 38.5 Å². The van der Waals surface area contributed by atoms with Crippen LogP contribution in [0.25, 0.3) is 0 Å². The summed E-state index contributed by atoms with van der Waals surface area (Å²) in [5.74, 6) is 0.986. The smallest absolute Gasteiger partial charge is 0.122 e. The van der Waals surface area contributed by atoms with Gasteiger partial charge in [-0.2, -0.15) is 0 Å². The van der Waals surface area contributed by atoms with Gasteiger partial charge < -0.3 is 15.4 Å². The first-order valence-electron chi connectivity index (χ1n) is 7.36. The number of hydrogen-bond acceptors (Lipinski definition) is 3. The van der Waals surface area contributed by atoms with E-state index in [4.69, 9.17) is 10.5 Å². The third-order valence-electron chi connectivity index (χ3n) is 3.91. The molecule has 1 unspecified atom stereocenters. The lowest BCUT2D eigenvalue weighted by atomic mass is 10.0. The average molecular weight is 262 g/mol. The predicted octanol–water partition coefficient (Wildman–Crippen LogP) is 2.22. The minimum absolute atomic E-state index is 0.233. The first kappa shape index (κ1) is 14.4. The maximum Gasteiger partial charge on any atom is 0.122 e. The van der Waals surface area contributed by atoms with Crippen LogP contribution in [0.2, 0.25) is 0 Å². The van der Waals surface area contributed by atoms with E-state index in [1.54, 1.807) is 7.11 Å². The minimum Gasteiger partial charge on any atom is -0.496 e. The molecule has 0 spiro atoms. The van der Waals surface area contributed by atoms with Crippen LogP contribution < -0.4 is 10.5 Å². The summed E-state index contributed by atoms with van der Waals surface area (Å²) in [5, 5.41) is 0. The van der Waals surface area contributed by atoms with E-state index in [-0.39, 0.29) is 6.04 Å². The van der Waals surface area contributed by atoms with Crippen LogP contribution in [-0.2, 0) is 12.8 Å². The molecule has 0 radical (unpaired) electrons. The highest BCUT2D eigenvalue weighted by atomic mass is 16.5.